The number of amides is 2. The zero-order chi connectivity index (χ0) is 16.8. The SMILES string of the molecule is CCC(=O)C(=O)NCC(=O)N1CCN(c2cccc(F)c2)CC1. The van der Waals surface area contributed by atoms with Gasteiger partial charge in [0, 0.05) is 38.3 Å². The normalized spacial score (nSPS) is 14.5. The summed E-state index contributed by atoms with van der Waals surface area (Å²) in [5.41, 5.74) is 0.791. The van der Waals surface area contributed by atoms with Crippen molar-refractivity contribution in [3.8, 4) is 0 Å². The van der Waals surface area contributed by atoms with Crippen molar-refractivity contribution < 1.29 is 18.8 Å². The molecule has 0 atom stereocenters. The number of nitrogens with zero attached hydrogens (tertiary/aromatic N) is 2. The summed E-state index contributed by atoms with van der Waals surface area (Å²) in [6.07, 6.45) is 0.117. The van der Waals surface area contributed by atoms with Gasteiger partial charge in [-0.3, -0.25) is 14.4 Å². The molecule has 0 aliphatic carbocycles. The van der Waals surface area contributed by atoms with Crippen LogP contribution in [0.3, 0.4) is 0 Å². The van der Waals surface area contributed by atoms with Crippen molar-refractivity contribution in [3.05, 3.63) is 30.1 Å². The van der Waals surface area contributed by atoms with Gasteiger partial charge < -0.3 is 15.1 Å². The molecule has 1 fully saturated rings. The lowest BCUT2D eigenvalue weighted by molar-refractivity contribution is -0.139. The van der Waals surface area contributed by atoms with Crippen LogP contribution in [0.1, 0.15) is 13.3 Å². The average Bonchev–Trinajstić information content (AvgIpc) is 2.58. The second-order valence-electron chi connectivity index (χ2n) is 5.31. The van der Waals surface area contributed by atoms with Gasteiger partial charge in [-0.05, 0) is 18.2 Å². The number of Topliss-reactive ketones (excluding diaryl/α,β-unsaturated/α-hetero) is 1. The number of carbonyl (C=O) groups is 3. The monoisotopic (exact) mass is 321 g/mol. The standard InChI is InChI=1S/C16H20FN3O3/c1-2-14(21)16(23)18-11-15(22)20-8-6-19(7-9-20)13-5-3-4-12(17)10-13/h3-5,10H,2,6-9,11H2,1H3,(H,18,23). The second kappa shape index (κ2) is 7.71. The fourth-order valence-electron chi connectivity index (χ4n) is 2.41. The van der Waals surface area contributed by atoms with Gasteiger partial charge in [0.1, 0.15) is 5.82 Å². The molecule has 1 heterocycles. The molecule has 1 N–H and O–H groups in total. The maximum atomic E-state index is 13.2. The highest BCUT2D eigenvalue weighted by Gasteiger charge is 2.22. The van der Waals surface area contributed by atoms with E-state index in [2.05, 4.69) is 5.32 Å². The minimum absolute atomic E-state index is 0.117. The summed E-state index contributed by atoms with van der Waals surface area (Å²) in [5.74, 6) is -1.77. The minimum atomic E-state index is -0.723. The van der Waals surface area contributed by atoms with Crippen molar-refractivity contribution in [2.24, 2.45) is 0 Å². The number of hydrogen-bond acceptors (Lipinski definition) is 4. The third kappa shape index (κ3) is 4.51. The van der Waals surface area contributed by atoms with Crippen LogP contribution in [-0.2, 0) is 14.4 Å². The van der Waals surface area contributed by atoms with Gasteiger partial charge in [-0.15, -0.1) is 0 Å². The number of benzene rings is 1. The predicted molar refractivity (Wildman–Crippen MR) is 83.5 cm³/mol. The molecule has 1 aliphatic rings. The number of carbonyl (C=O) groups excluding carboxylic acids is 3. The molecule has 1 saturated heterocycles. The van der Waals surface area contributed by atoms with Crippen molar-refractivity contribution in [2.45, 2.75) is 13.3 Å². The van der Waals surface area contributed by atoms with Crippen LogP contribution >= 0.6 is 0 Å². The van der Waals surface area contributed by atoms with E-state index in [4.69, 9.17) is 0 Å². The Morgan fingerprint density at radius 2 is 1.87 bits per heavy atom. The van der Waals surface area contributed by atoms with Crippen molar-refractivity contribution in [2.75, 3.05) is 37.6 Å². The Labute approximate surface area is 134 Å². The first-order valence-electron chi connectivity index (χ1n) is 7.60. The molecule has 0 saturated carbocycles. The number of piperazine rings is 1. The maximum Gasteiger partial charge on any atom is 0.287 e. The van der Waals surface area contributed by atoms with Gasteiger partial charge in [-0.1, -0.05) is 13.0 Å². The van der Waals surface area contributed by atoms with Gasteiger partial charge in [0.05, 0.1) is 6.54 Å². The minimum Gasteiger partial charge on any atom is -0.368 e. The van der Waals surface area contributed by atoms with E-state index in [-0.39, 0.29) is 24.7 Å². The highest BCUT2D eigenvalue weighted by molar-refractivity contribution is 6.36. The molecule has 0 radical (unpaired) electrons. The molecule has 23 heavy (non-hydrogen) atoms. The largest absolute Gasteiger partial charge is 0.368 e. The van der Waals surface area contributed by atoms with E-state index >= 15 is 0 Å². The molecule has 124 valence electrons. The van der Waals surface area contributed by atoms with E-state index in [0.717, 1.165) is 5.69 Å². The van der Waals surface area contributed by atoms with E-state index in [1.54, 1.807) is 17.9 Å². The van der Waals surface area contributed by atoms with Gasteiger partial charge in [0.15, 0.2) is 0 Å². The van der Waals surface area contributed by atoms with Gasteiger partial charge in [-0.25, -0.2) is 4.39 Å². The van der Waals surface area contributed by atoms with Gasteiger partial charge in [0.2, 0.25) is 11.7 Å². The van der Waals surface area contributed by atoms with Crippen molar-refractivity contribution >= 4 is 23.3 Å². The van der Waals surface area contributed by atoms with Crippen LogP contribution in [0.15, 0.2) is 24.3 Å². The molecule has 2 rings (SSSR count). The number of ketones is 1. The van der Waals surface area contributed by atoms with Crippen LogP contribution in [0, 0.1) is 5.82 Å². The molecule has 1 aromatic carbocycles. The Balaban J connectivity index is 1.81. The van der Waals surface area contributed by atoms with Crippen molar-refractivity contribution in [1.82, 2.24) is 10.2 Å². The summed E-state index contributed by atoms with van der Waals surface area (Å²) in [4.78, 5) is 38.2. The van der Waals surface area contributed by atoms with Crippen molar-refractivity contribution in [1.29, 1.82) is 0 Å². The van der Waals surface area contributed by atoms with Gasteiger partial charge in [0.25, 0.3) is 5.91 Å². The summed E-state index contributed by atoms with van der Waals surface area (Å²) < 4.78 is 13.2. The fraction of sp³-hybridized carbons (Fsp3) is 0.438. The molecule has 0 bridgehead atoms. The van der Waals surface area contributed by atoms with E-state index in [1.165, 1.54) is 12.1 Å². The quantitative estimate of drug-likeness (QED) is 0.805. The maximum absolute atomic E-state index is 13.2. The number of anilines is 1. The fourth-order valence-corrected chi connectivity index (χ4v) is 2.41. The molecule has 0 unspecified atom stereocenters. The van der Waals surface area contributed by atoms with E-state index < -0.39 is 11.7 Å². The van der Waals surface area contributed by atoms with Crippen LogP contribution in [0.4, 0.5) is 10.1 Å². The lowest BCUT2D eigenvalue weighted by Gasteiger charge is -2.36. The average molecular weight is 321 g/mol. The molecule has 7 heteroatoms. The molecule has 0 spiro atoms. The second-order valence-corrected chi connectivity index (χ2v) is 5.31. The Kier molecular flexibility index (Phi) is 5.67. The van der Waals surface area contributed by atoms with Crippen LogP contribution in [-0.4, -0.2) is 55.2 Å². The molecular formula is C16H20FN3O3. The van der Waals surface area contributed by atoms with Crippen molar-refractivity contribution in [3.63, 3.8) is 0 Å². The Bertz CT molecular complexity index is 598. The molecular weight excluding hydrogens is 301 g/mol. The van der Waals surface area contributed by atoms with Gasteiger partial charge in [-0.2, -0.15) is 0 Å². The zero-order valence-corrected chi connectivity index (χ0v) is 13.0. The number of rotatable bonds is 5. The first-order valence-corrected chi connectivity index (χ1v) is 7.60. The van der Waals surface area contributed by atoms with Crippen LogP contribution < -0.4 is 10.2 Å². The summed E-state index contributed by atoms with van der Waals surface area (Å²) >= 11 is 0. The molecule has 1 aromatic rings. The molecule has 2 amide bonds. The topological polar surface area (TPSA) is 69.7 Å². The highest BCUT2D eigenvalue weighted by atomic mass is 19.1. The molecule has 0 aromatic heterocycles. The number of nitrogens with one attached hydrogen (secondary N) is 1. The lowest BCUT2D eigenvalue weighted by Crippen LogP contribution is -2.51. The first-order chi connectivity index (χ1) is 11.0. The summed E-state index contributed by atoms with van der Waals surface area (Å²) in [7, 11) is 0. The molecule has 1 aliphatic heterocycles. The number of hydrogen-bond donors (Lipinski definition) is 1. The lowest BCUT2D eigenvalue weighted by atomic mass is 10.2. The summed E-state index contributed by atoms with van der Waals surface area (Å²) in [6, 6.07) is 6.34. The van der Waals surface area contributed by atoms with E-state index in [1.807, 2.05) is 11.0 Å². The third-order valence-electron chi connectivity index (χ3n) is 3.78. The Morgan fingerprint density at radius 3 is 2.48 bits per heavy atom. The third-order valence-corrected chi connectivity index (χ3v) is 3.78. The smallest absolute Gasteiger partial charge is 0.287 e. The van der Waals surface area contributed by atoms with E-state index in [0.29, 0.717) is 26.2 Å². The first kappa shape index (κ1) is 16.9. The van der Waals surface area contributed by atoms with Crippen LogP contribution in [0.2, 0.25) is 0 Å². The zero-order valence-electron chi connectivity index (χ0n) is 13.0. The van der Waals surface area contributed by atoms with Crippen LogP contribution in [0.5, 0.6) is 0 Å². The number of halogens is 1. The Hall–Kier alpha value is -2.44. The van der Waals surface area contributed by atoms with Gasteiger partial charge >= 0.3 is 0 Å². The van der Waals surface area contributed by atoms with Crippen LogP contribution in [0.25, 0.3) is 0 Å². The highest BCUT2D eigenvalue weighted by Crippen LogP contribution is 2.17. The predicted octanol–water partition coefficient (Wildman–Crippen LogP) is 0.570. The van der Waals surface area contributed by atoms with E-state index in [9.17, 15) is 18.8 Å². The summed E-state index contributed by atoms with van der Waals surface area (Å²) in [6.45, 7) is 3.59. The Morgan fingerprint density at radius 1 is 1.17 bits per heavy atom. The molecule has 6 nitrogen and oxygen atoms in total. The summed E-state index contributed by atoms with van der Waals surface area (Å²) in [5, 5.41) is 2.34.